The zero-order chi connectivity index (χ0) is 22.2. The van der Waals surface area contributed by atoms with E-state index in [1.807, 2.05) is 30.3 Å². The van der Waals surface area contributed by atoms with Gasteiger partial charge >= 0.3 is 0 Å². The Morgan fingerprint density at radius 2 is 1.88 bits per heavy atom. The standard InChI is InChI=1S/C24H16BrCl2NO4/c25-17-3-1-2-4-21(17)32-22-12-30-24-15(23(22)29)6-8-20-16(24)11-28(13-31-20)10-14-5-7-18(26)19(27)9-14/h1-9,12H,10-11,13H2. The molecule has 0 saturated carbocycles. The molecule has 0 fully saturated rings. The number of hydrogen-bond donors (Lipinski definition) is 0. The van der Waals surface area contributed by atoms with Crippen LogP contribution in [0.1, 0.15) is 11.1 Å². The molecular weight excluding hydrogens is 517 g/mol. The maximum atomic E-state index is 13.1. The van der Waals surface area contributed by atoms with Gasteiger partial charge in [-0.2, -0.15) is 0 Å². The van der Waals surface area contributed by atoms with Gasteiger partial charge in [0.1, 0.15) is 30.1 Å². The Hall–Kier alpha value is -2.51. The number of ether oxygens (including phenoxy) is 2. The molecule has 4 aromatic rings. The van der Waals surface area contributed by atoms with Gasteiger partial charge in [-0.05, 0) is 57.9 Å². The molecule has 1 aliphatic heterocycles. The van der Waals surface area contributed by atoms with Crippen LogP contribution in [0.5, 0.6) is 17.2 Å². The zero-order valence-electron chi connectivity index (χ0n) is 16.6. The van der Waals surface area contributed by atoms with Crippen LogP contribution in [0, 0.1) is 0 Å². The van der Waals surface area contributed by atoms with E-state index in [9.17, 15) is 4.79 Å². The molecule has 0 saturated heterocycles. The number of halogens is 3. The summed E-state index contributed by atoms with van der Waals surface area (Å²) in [5.74, 6) is 1.35. The van der Waals surface area contributed by atoms with Crippen LogP contribution in [-0.2, 0) is 13.1 Å². The fourth-order valence-corrected chi connectivity index (χ4v) is 4.34. The van der Waals surface area contributed by atoms with Crippen molar-refractivity contribution in [2.45, 2.75) is 13.1 Å². The molecule has 0 N–H and O–H groups in total. The highest BCUT2D eigenvalue weighted by Crippen LogP contribution is 2.34. The molecule has 3 aromatic carbocycles. The SMILES string of the molecule is O=c1c(Oc2ccccc2Br)coc2c3c(ccc12)OCN(Cc1ccc(Cl)c(Cl)c1)C3. The van der Waals surface area contributed by atoms with Crippen molar-refractivity contribution in [2.75, 3.05) is 6.73 Å². The van der Waals surface area contributed by atoms with Crippen LogP contribution in [0.3, 0.4) is 0 Å². The molecule has 2 heterocycles. The van der Waals surface area contributed by atoms with Gasteiger partial charge in [0.2, 0.25) is 11.2 Å². The van der Waals surface area contributed by atoms with Crippen LogP contribution in [0.25, 0.3) is 11.0 Å². The summed E-state index contributed by atoms with van der Waals surface area (Å²) >= 11 is 15.6. The van der Waals surface area contributed by atoms with Gasteiger partial charge in [0, 0.05) is 13.1 Å². The smallest absolute Gasteiger partial charge is 0.235 e. The van der Waals surface area contributed by atoms with Gasteiger partial charge in [-0.15, -0.1) is 0 Å². The summed E-state index contributed by atoms with van der Waals surface area (Å²) in [6, 6.07) is 16.4. The highest BCUT2D eigenvalue weighted by molar-refractivity contribution is 9.10. The van der Waals surface area contributed by atoms with Crippen LogP contribution in [-0.4, -0.2) is 11.6 Å². The molecule has 0 unspecified atom stereocenters. The first-order chi connectivity index (χ1) is 15.5. The third kappa shape index (κ3) is 4.11. The second-order valence-corrected chi connectivity index (χ2v) is 9.06. The zero-order valence-corrected chi connectivity index (χ0v) is 19.7. The molecule has 0 atom stereocenters. The van der Waals surface area contributed by atoms with Crippen LogP contribution >= 0.6 is 39.1 Å². The largest absolute Gasteiger partial charge is 0.478 e. The van der Waals surface area contributed by atoms with E-state index in [1.54, 1.807) is 24.3 Å². The predicted molar refractivity (Wildman–Crippen MR) is 128 cm³/mol. The van der Waals surface area contributed by atoms with Crippen LogP contribution in [0.15, 0.2) is 74.5 Å². The van der Waals surface area contributed by atoms with Crippen LogP contribution < -0.4 is 14.9 Å². The van der Waals surface area contributed by atoms with Crippen molar-refractivity contribution in [2.24, 2.45) is 0 Å². The maximum Gasteiger partial charge on any atom is 0.235 e. The second-order valence-electron chi connectivity index (χ2n) is 7.39. The first-order valence-electron chi connectivity index (χ1n) is 9.78. The van der Waals surface area contributed by atoms with Crippen molar-refractivity contribution < 1.29 is 13.9 Å². The Morgan fingerprint density at radius 1 is 1.03 bits per heavy atom. The monoisotopic (exact) mass is 531 g/mol. The summed E-state index contributed by atoms with van der Waals surface area (Å²) in [7, 11) is 0. The molecule has 5 nitrogen and oxygen atoms in total. The van der Waals surface area contributed by atoms with E-state index in [2.05, 4.69) is 20.8 Å². The molecule has 0 spiro atoms. The summed E-state index contributed by atoms with van der Waals surface area (Å²) < 4.78 is 18.3. The molecule has 32 heavy (non-hydrogen) atoms. The average molecular weight is 533 g/mol. The Labute approximate surface area is 202 Å². The van der Waals surface area contributed by atoms with Gasteiger partial charge in [0.15, 0.2) is 0 Å². The third-order valence-electron chi connectivity index (χ3n) is 5.20. The molecule has 0 radical (unpaired) electrons. The van der Waals surface area contributed by atoms with E-state index < -0.39 is 0 Å². The predicted octanol–water partition coefficient (Wildman–Crippen LogP) is 7.01. The first kappa shape index (κ1) is 21.3. The van der Waals surface area contributed by atoms with E-state index in [0.717, 1.165) is 15.6 Å². The van der Waals surface area contributed by atoms with Gasteiger partial charge < -0.3 is 13.9 Å². The van der Waals surface area contributed by atoms with Crippen molar-refractivity contribution >= 4 is 50.1 Å². The van der Waals surface area contributed by atoms with Gasteiger partial charge in [0.05, 0.1) is 25.5 Å². The molecule has 1 aromatic heterocycles. The quantitative estimate of drug-likeness (QED) is 0.283. The van der Waals surface area contributed by atoms with Crippen molar-refractivity contribution in [3.63, 3.8) is 0 Å². The minimum Gasteiger partial charge on any atom is -0.478 e. The Morgan fingerprint density at radius 3 is 2.69 bits per heavy atom. The number of fused-ring (bicyclic) bond motifs is 3. The van der Waals surface area contributed by atoms with E-state index >= 15 is 0 Å². The Balaban J connectivity index is 1.46. The summed E-state index contributed by atoms with van der Waals surface area (Å²) in [5, 5.41) is 1.47. The average Bonchev–Trinajstić information content (AvgIpc) is 2.79. The minimum atomic E-state index is -0.244. The van der Waals surface area contributed by atoms with Gasteiger partial charge in [-0.3, -0.25) is 9.69 Å². The molecule has 8 heteroatoms. The summed E-state index contributed by atoms with van der Waals surface area (Å²) in [6.07, 6.45) is 1.35. The van der Waals surface area contributed by atoms with Crippen molar-refractivity contribution in [1.82, 2.24) is 4.90 Å². The summed E-state index contributed by atoms with van der Waals surface area (Å²) in [5.41, 5.74) is 2.08. The number of benzene rings is 3. The molecule has 5 rings (SSSR count). The minimum absolute atomic E-state index is 0.119. The van der Waals surface area contributed by atoms with E-state index in [1.165, 1.54) is 6.26 Å². The normalized spacial score (nSPS) is 13.6. The summed E-state index contributed by atoms with van der Waals surface area (Å²) in [6.45, 7) is 1.58. The first-order valence-corrected chi connectivity index (χ1v) is 11.3. The topological polar surface area (TPSA) is 51.9 Å². The lowest BCUT2D eigenvalue weighted by Gasteiger charge is -2.29. The lowest BCUT2D eigenvalue weighted by atomic mass is 10.1. The van der Waals surface area contributed by atoms with E-state index in [4.69, 9.17) is 37.1 Å². The van der Waals surface area contributed by atoms with E-state index in [0.29, 0.717) is 52.3 Å². The molecule has 0 amide bonds. The Kier molecular flexibility index (Phi) is 5.86. The highest BCUT2D eigenvalue weighted by Gasteiger charge is 2.23. The van der Waals surface area contributed by atoms with Crippen LogP contribution in [0.4, 0.5) is 0 Å². The van der Waals surface area contributed by atoms with E-state index in [-0.39, 0.29) is 11.2 Å². The van der Waals surface area contributed by atoms with Gasteiger partial charge in [-0.1, -0.05) is 41.4 Å². The lowest BCUT2D eigenvalue weighted by molar-refractivity contribution is 0.0890. The fourth-order valence-electron chi connectivity index (χ4n) is 3.65. The van der Waals surface area contributed by atoms with Gasteiger partial charge in [0.25, 0.3) is 0 Å². The van der Waals surface area contributed by atoms with Gasteiger partial charge in [-0.25, -0.2) is 0 Å². The molecule has 162 valence electrons. The highest BCUT2D eigenvalue weighted by atomic mass is 79.9. The van der Waals surface area contributed by atoms with Crippen molar-refractivity contribution in [3.8, 4) is 17.2 Å². The molecular formula is C24H16BrCl2NO4. The maximum absolute atomic E-state index is 13.1. The number of nitrogens with zero attached hydrogens (tertiary/aromatic N) is 1. The third-order valence-corrected chi connectivity index (χ3v) is 6.60. The fraction of sp³-hybridized carbons (Fsp3) is 0.125. The molecule has 1 aliphatic rings. The molecule has 0 bridgehead atoms. The van der Waals surface area contributed by atoms with Crippen molar-refractivity contribution in [1.29, 1.82) is 0 Å². The second kappa shape index (κ2) is 8.79. The van der Waals surface area contributed by atoms with Crippen molar-refractivity contribution in [3.05, 3.63) is 96.7 Å². The van der Waals surface area contributed by atoms with Crippen LogP contribution in [0.2, 0.25) is 10.0 Å². The number of hydrogen-bond acceptors (Lipinski definition) is 5. The number of para-hydroxylation sites is 1. The number of rotatable bonds is 4. The summed E-state index contributed by atoms with van der Waals surface area (Å²) in [4.78, 5) is 15.2. The lowest BCUT2D eigenvalue weighted by Crippen LogP contribution is -2.31. The Bertz CT molecular complexity index is 1390. The molecule has 0 aliphatic carbocycles.